The van der Waals surface area contributed by atoms with Crippen LogP contribution in [0.1, 0.15) is 27.6 Å². The first kappa shape index (κ1) is 20.5. The summed E-state index contributed by atoms with van der Waals surface area (Å²) in [6, 6.07) is 8.24. The van der Waals surface area contributed by atoms with Crippen LogP contribution in [-0.2, 0) is 0 Å². The molecule has 0 aliphatic carbocycles. The second kappa shape index (κ2) is 9.21. The molecular formula is C18H19N3O7. The number of hydrogen-bond donors (Lipinski definition) is 2. The average Bonchev–Trinajstić information content (AvgIpc) is 2.71. The molecule has 0 heterocycles. The first-order valence-corrected chi connectivity index (χ1v) is 8.15. The van der Waals surface area contributed by atoms with E-state index in [9.17, 15) is 19.7 Å². The fraction of sp³-hybridized carbons (Fsp3) is 0.222. The van der Waals surface area contributed by atoms with Crippen LogP contribution in [0.5, 0.6) is 17.2 Å². The highest BCUT2D eigenvalue weighted by molar-refractivity contribution is 5.99. The van der Waals surface area contributed by atoms with Crippen molar-refractivity contribution in [3.8, 4) is 17.2 Å². The lowest BCUT2D eigenvalue weighted by atomic mass is 10.1. The van der Waals surface area contributed by atoms with Crippen LogP contribution in [0.25, 0.3) is 0 Å². The van der Waals surface area contributed by atoms with Crippen LogP contribution in [0.15, 0.2) is 36.4 Å². The quantitative estimate of drug-likeness (QED) is 0.548. The molecule has 0 spiro atoms. The van der Waals surface area contributed by atoms with E-state index in [1.807, 2.05) is 0 Å². The van der Waals surface area contributed by atoms with Crippen molar-refractivity contribution in [2.24, 2.45) is 0 Å². The molecule has 0 saturated heterocycles. The van der Waals surface area contributed by atoms with E-state index < -0.39 is 16.7 Å². The Labute approximate surface area is 160 Å². The summed E-state index contributed by atoms with van der Waals surface area (Å²) in [5, 5.41) is 11.1. The normalized spacial score (nSPS) is 9.96. The lowest BCUT2D eigenvalue weighted by Crippen LogP contribution is -2.41. The largest absolute Gasteiger partial charge is 0.493 e. The molecule has 0 aliphatic rings. The van der Waals surface area contributed by atoms with Gasteiger partial charge in [-0.3, -0.25) is 30.6 Å². The number of methoxy groups -OCH3 is 2. The highest BCUT2D eigenvalue weighted by Crippen LogP contribution is 2.28. The smallest absolute Gasteiger partial charge is 0.311 e. The Hall–Kier alpha value is -3.82. The zero-order valence-electron chi connectivity index (χ0n) is 15.5. The molecule has 2 rings (SSSR count). The molecule has 0 aliphatic heterocycles. The molecule has 2 amide bonds. The van der Waals surface area contributed by atoms with Gasteiger partial charge in [-0.2, -0.15) is 0 Å². The van der Waals surface area contributed by atoms with Gasteiger partial charge < -0.3 is 14.2 Å². The number of carbonyl (C=O) groups excluding carboxylic acids is 2. The Morgan fingerprint density at radius 1 is 0.929 bits per heavy atom. The standard InChI is InChI=1S/C18H19N3O7/c1-4-28-14-7-5-11(9-13(14)21(24)25)17(22)19-20-18(23)12-6-8-15(26-2)16(10-12)27-3/h5-10H,4H2,1-3H3,(H,19,22)(H,20,23). The van der Waals surface area contributed by atoms with Crippen LogP contribution in [0.3, 0.4) is 0 Å². The van der Waals surface area contributed by atoms with Crippen LogP contribution in [-0.4, -0.2) is 37.6 Å². The van der Waals surface area contributed by atoms with Crippen LogP contribution in [0, 0.1) is 10.1 Å². The van der Waals surface area contributed by atoms with Crippen LogP contribution >= 0.6 is 0 Å². The molecule has 10 heteroatoms. The van der Waals surface area contributed by atoms with Crippen molar-refractivity contribution < 1.29 is 28.7 Å². The van der Waals surface area contributed by atoms with E-state index in [0.717, 1.165) is 6.07 Å². The Morgan fingerprint density at radius 2 is 1.46 bits per heavy atom. The van der Waals surface area contributed by atoms with Crippen molar-refractivity contribution in [2.75, 3.05) is 20.8 Å². The molecule has 0 radical (unpaired) electrons. The molecule has 0 unspecified atom stereocenters. The van der Waals surface area contributed by atoms with E-state index in [1.54, 1.807) is 13.0 Å². The van der Waals surface area contributed by atoms with Gasteiger partial charge >= 0.3 is 5.69 Å². The van der Waals surface area contributed by atoms with E-state index in [0.29, 0.717) is 11.5 Å². The predicted octanol–water partition coefficient (Wildman–Crippen LogP) is 2.09. The second-order valence-electron chi connectivity index (χ2n) is 5.35. The maximum absolute atomic E-state index is 12.2. The first-order valence-electron chi connectivity index (χ1n) is 8.15. The van der Waals surface area contributed by atoms with Gasteiger partial charge in [-0.1, -0.05) is 0 Å². The highest BCUT2D eigenvalue weighted by atomic mass is 16.6. The monoisotopic (exact) mass is 389 g/mol. The van der Waals surface area contributed by atoms with Crippen LogP contribution in [0.4, 0.5) is 5.69 Å². The molecule has 0 atom stereocenters. The van der Waals surface area contributed by atoms with Gasteiger partial charge in [-0.15, -0.1) is 0 Å². The van der Waals surface area contributed by atoms with Crippen molar-refractivity contribution in [2.45, 2.75) is 6.92 Å². The molecule has 0 saturated carbocycles. The van der Waals surface area contributed by atoms with Gasteiger partial charge in [0.2, 0.25) is 0 Å². The van der Waals surface area contributed by atoms with Gasteiger partial charge in [0, 0.05) is 17.2 Å². The number of ether oxygens (including phenoxy) is 3. The number of benzene rings is 2. The third kappa shape index (κ3) is 4.67. The number of nitro benzene ring substituents is 1. The molecule has 0 bridgehead atoms. The summed E-state index contributed by atoms with van der Waals surface area (Å²) < 4.78 is 15.4. The van der Waals surface area contributed by atoms with E-state index >= 15 is 0 Å². The first-order chi connectivity index (χ1) is 13.4. The Bertz CT molecular complexity index is 899. The lowest BCUT2D eigenvalue weighted by molar-refractivity contribution is -0.385. The summed E-state index contributed by atoms with van der Waals surface area (Å²) >= 11 is 0. The van der Waals surface area contributed by atoms with E-state index in [4.69, 9.17) is 14.2 Å². The van der Waals surface area contributed by atoms with Crippen molar-refractivity contribution >= 4 is 17.5 Å². The number of nitro groups is 1. The van der Waals surface area contributed by atoms with Gasteiger partial charge in [0.15, 0.2) is 17.2 Å². The summed E-state index contributed by atoms with van der Waals surface area (Å²) in [5.74, 6) is -0.471. The minimum Gasteiger partial charge on any atom is -0.493 e. The summed E-state index contributed by atoms with van der Waals surface area (Å²) in [7, 11) is 2.90. The third-order valence-corrected chi connectivity index (χ3v) is 3.65. The third-order valence-electron chi connectivity index (χ3n) is 3.65. The highest BCUT2D eigenvalue weighted by Gasteiger charge is 2.19. The topological polar surface area (TPSA) is 129 Å². The molecule has 2 aromatic rings. The summed E-state index contributed by atoms with van der Waals surface area (Å²) in [6.45, 7) is 1.93. The SMILES string of the molecule is CCOc1ccc(C(=O)NNC(=O)c2ccc(OC)c(OC)c2)cc1[N+](=O)[O-]. The lowest BCUT2D eigenvalue weighted by Gasteiger charge is -2.11. The van der Waals surface area contributed by atoms with Crippen molar-refractivity contribution in [3.05, 3.63) is 57.6 Å². The Kier molecular flexibility index (Phi) is 6.74. The summed E-state index contributed by atoms with van der Waals surface area (Å²) in [6.07, 6.45) is 0. The van der Waals surface area contributed by atoms with Gasteiger partial charge in [0.25, 0.3) is 11.8 Å². The number of nitrogens with one attached hydrogen (secondary N) is 2. The molecule has 2 aromatic carbocycles. The molecule has 148 valence electrons. The molecule has 0 fully saturated rings. The van der Waals surface area contributed by atoms with Crippen molar-refractivity contribution in [1.82, 2.24) is 10.9 Å². The average molecular weight is 389 g/mol. The van der Waals surface area contributed by atoms with Gasteiger partial charge in [-0.05, 0) is 37.3 Å². The molecule has 0 aromatic heterocycles. The summed E-state index contributed by atoms with van der Waals surface area (Å²) in [5.41, 5.74) is 4.31. The fourth-order valence-corrected chi connectivity index (χ4v) is 2.31. The van der Waals surface area contributed by atoms with Crippen LogP contribution < -0.4 is 25.1 Å². The minimum atomic E-state index is -0.722. The maximum Gasteiger partial charge on any atom is 0.311 e. The Morgan fingerprint density at radius 3 is 1.96 bits per heavy atom. The number of nitrogens with zero attached hydrogens (tertiary/aromatic N) is 1. The van der Waals surface area contributed by atoms with Crippen LogP contribution in [0.2, 0.25) is 0 Å². The van der Waals surface area contributed by atoms with E-state index in [2.05, 4.69) is 10.9 Å². The minimum absolute atomic E-state index is 0.0113. The number of hydrazine groups is 1. The van der Waals surface area contributed by atoms with Crippen molar-refractivity contribution in [1.29, 1.82) is 0 Å². The van der Waals surface area contributed by atoms with Gasteiger partial charge in [0.05, 0.1) is 25.7 Å². The number of hydrogen-bond acceptors (Lipinski definition) is 7. The fourth-order valence-electron chi connectivity index (χ4n) is 2.31. The number of rotatable bonds is 7. The molecule has 2 N–H and O–H groups in total. The van der Waals surface area contributed by atoms with Gasteiger partial charge in [-0.25, -0.2) is 0 Å². The van der Waals surface area contributed by atoms with E-state index in [-0.39, 0.29) is 29.2 Å². The molecule has 10 nitrogen and oxygen atoms in total. The number of carbonyl (C=O) groups is 2. The predicted molar refractivity (Wildman–Crippen MR) is 98.7 cm³/mol. The summed E-state index contributed by atoms with van der Waals surface area (Å²) in [4.78, 5) is 34.9. The zero-order valence-corrected chi connectivity index (χ0v) is 15.5. The van der Waals surface area contributed by atoms with Crippen molar-refractivity contribution in [3.63, 3.8) is 0 Å². The Balaban J connectivity index is 2.10. The maximum atomic E-state index is 12.2. The van der Waals surface area contributed by atoms with Gasteiger partial charge in [0.1, 0.15) is 0 Å². The van der Waals surface area contributed by atoms with E-state index in [1.165, 1.54) is 38.5 Å². The molecular weight excluding hydrogens is 370 g/mol. The molecule has 28 heavy (non-hydrogen) atoms. The second-order valence-corrected chi connectivity index (χ2v) is 5.35. The number of amides is 2. The zero-order chi connectivity index (χ0) is 20.7.